The highest BCUT2D eigenvalue weighted by molar-refractivity contribution is 5.94. The van der Waals surface area contributed by atoms with Crippen molar-refractivity contribution in [2.75, 3.05) is 45.2 Å². The zero-order chi connectivity index (χ0) is 15.0. The Hall–Kier alpha value is -0.970. The quantitative estimate of drug-likeness (QED) is 0.783. The van der Waals surface area contributed by atoms with Crippen LogP contribution in [0.2, 0.25) is 0 Å². The molecule has 1 N–H and O–H groups in total. The molecule has 0 spiro atoms. The van der Waals surface area contributed by atoms with Crippen LogP contribution < -0.4 is 10.2 Å². The summed E-state index contributed by atoms with van der Waals surface area (Å²) in [5.41, 5.74) is 1.93. The second kappa shape index (κ2) is 12.6. The van der Waals surface area contributed by atoms with E-state index >= 15 is 0 Å². The Morgan fingerprint density at radius 3 is 2.14 bits per heavy atom. The van der Waals surface area contributed by atoms with E-state index in [2.05, 4.69) is 24.1 Å². The summed E-state index contributed by atoms with van der Waals surface area (Å²) in [6.45, 7) is 7.89. The summed E-state index contributed by atoms with van der Waals surface area (Å²) >= 11 is 0. The van der Waals surface area contributed by atoms with Gasteiger partial charge < -0.3 is 15.1 Å². The van der Waals surface area contributed by atoms with Crippen molar-refractivity contribution < 1.29 is 4.79 Å². The average molecular weight is 350 g/mol. The maximum absolute atomic E-state index is 12.2. The van der Waals surface area contributed by atoms with E-state index in [0.717, 1.165) is 31.6 Å². The van der Waals surface area contributed by atoms with Crippen molar-refractivity contribution in [3.8, 4) is 0 Å². The Bertz CT molecular complexity index is 412. The number of hydrogen-bond donors (Lipinski definition) is 1. The third kappa shape index (κ3) is 6.86. The molecule has 0 saturated heterocycles. The van der Waals surface area contributed by atoms with Crippen molar-refractivity contribution in [1.82, 2.24) is 10.2 Å². The average Bonchev–Trinajstić information content (AvgIpc) is 2.49. The van der Waals surface area contributed by atoms with Gasteiger partial charge in [0.1, 0.15) is 0 Å². The molecule has 1 amide bonds. The van der Waals surface area contributed by atoms with E-state index in [4.69, 9.17) is 0 Å². The molecule has 0 heterocycles. The highest BCUT2D eigenvalue weighted by Crippen LogP contribution is 2.16. The Kier molecular flexibility index (Phi) is 13.3. The summed E-state index contributed by atoms with van der Waals surface area (Å²) in [7, 11) is 3.73. The molecule has 128 valence electrons. The van der Waals surface area contributed by atoms with Crippen molar-refractivity contribution in [2.24, 2.45) is 0 Å². The van der Waals surface area contributed by atoms with Crippen LogP contribution >= 0.6 is 24.8 Å². The minimum atomic E-state index is 0. The number of halogens is 2. The summed E-state index contributed by atoms with van der Waals surface area (Å²) in [6, 6.07) is 7.92. The molecular formula is C16H29Cl2N3O. The van der Waals surface area contributed by atoms with Gasteiger partial charge in [-0.05, 0) is 44.7 Å². The van der Waals surface area contributed by atoms with Gasteiger partial charge in [-0.3, -0.25) is 4.79 Å². The number of likely N-dealkylation sites (N-methyl/N-ethyl adjacent to an activating group) is 2. The van der Waals surface area contributed by atoms with Crippen molar-refractivity contribution >= 4 is 36.4 Å². The molecule has 0 saturated carbocycles. The van der Waals surface area contributed by atoms with E-state index in [9.17, 15) is 4.79 Å². The van der Waals surface area contributed by atoms with Gasteiger partial charge in [0.15, 0.2) is 0 Å². The molecule has 0 radical (unpaired) electrons. The lowest BCUT2D eigenvalue weighted by molar-refractivity contribution is 0.0797. The third-order valence-electron chi connectivity index (χ3n) is 3.40. The molecule has 0 atom stereocenters. The fourth-order valence-corrected chi connectivity index (χ4v) is 2.16. The molecule has 0 aliphatic heterocycles. The number of benzene rings is 1. The lowest BCUT2D eigenvalue weighted by atomic mass is 10.1. The maximum Gasteiger partial charge on any atom is 0.253 e. The van der Waals surface area contributed by atoms with Gasteiger partial charge in [0.05, 0.1) is 0 Å². The van der Waals surface area contributed by atoms with Gasteiger partial charge in [-0.15, -0.1) is 24.8 Å². The van der Waals surface area contributed by atoms with Gasteiger partial charge in [0.2, 0.25) is 0 Å². The van der Waals surface area contributed by atoms with Gasteiger partial charge in [0, 0.05) is 44.5 Å². The van der Waals surface area contributed by atoms with Crippen LogP contribution in [0.1, 0.15) is 30.6 Å². The molecule has 0 fully saturated rings. The topological polar surface area (TPSA) is 35.6 Å². The molecule has 1 aromatic rings. The summed E-state index contributed by atoms with van der Waals surface area (Å²) in [4.78, 5) is 16.3. The van der Waals surface area contributed by atoms with Crippen LogP contribution in [0.25, 0.3) is 0 Å². The molecular weight excluding hydrogens is 321 g/mol. The number of carbonyl (C=O) groups excluding carboxylic acids is 1. The smallest absolute Gasteiger partial charge is 0.253 e. The molecule has 4 nitrogen and oxygen atoms in total. The number of amides is 1. The normalized spacial score (nSPS) is 9.45. The van der Waals surface area contributed by atoms with Gasteiger partial charge in [0.25, 0.3) is 5.91 Å². The van der Waals surface area contributed by atoms with E-state index < -0.39 is 0 Å². The molecule has 0 unspecified atom stereocenters. The molecule has 1 rings (SSSR count). The molecule has 1 aromatic carbocycles. The molecule has 22 heavy (non-hydrogen) atoms. The standard InChI is InChI=1S/C16H27N3O.2ClH/c1-5-12-19(6-2)15-9-7-14(8-10-15)16(20)18(4)13-11-17-3;;/h7-10,17H,5-6,11-13H2,1-4H3;2*1H. The SMILES string of the molecule is CCCN(CC)c1ccc(C(=O)N(C)CCNC)cc1.Cl.Cl. The van der Waals surface area contributed by atoms with Crippen LogP contribution in [-0.2, 0) is 0 Å². The zero-order valence-electron chi connectivity index (χ0n) is 14.0. The number of hydrogen-bond acceptors (Lipinski definition) is 3. The van der Waals surface area contributed by atoms with Crippen LogP contribution in [0.3, 0.4) is 0 Å². The number of nitrogens with one attached hydrogen (secondary N) is 1. The van der Waals surface area contributed by atoms with Crippen molar-refractivity contribution in [2.45, 2.75) is 20.3 Å². The van der Waals surface area contributed by atoms with Crippen LogP contribution in [0, 0.1) is 0 Å². The molecule has 0 aliphatic rings. The first-order chi connectivity index (χ1) is 9.63. The minimum Gasteiger partial charge on any atom is -0.372 e. The summed E-state index contributed by atoms with van der Waals surface area (Å²) in [6.07, 6.45) is 1.13. The Morgan fingerprint density at radius 1 is 1.09 bits per heavy atom. The first kappa shape index (κ1) is 23.3. The Labute approximate surface area is 147 Å². The second-order valence-electron chi connectivity index (χ2n) is 4.96. The highest BCUT2D eigenvalue weighted by atomic mass is 35.5. The Balaban J connectivity index is 0. The van der Waals surface area contributed by atoms with E-state index in [1.165, 1.54) is 5.69 Å². The number of anilines is 1. The summed E-state index contributed by atoms with van der Waals surface area (Å²) in [5, 5.41) is 3.05. The van der Waals surface area contributed by atoms with Crippen molar-refractivity contribution in [3.05, 3.63) is 29.8 Å². The van der Waals surface area contributed by atoms with E-state index in [1.54, 1.807) is 4.90 Å². The van der Waals surface area contributed by atoms with Gasteiger partial charge in [-0.1, -0.05) is 6.92 Å². The van der Waals surface area contributed by atoms with Crippen molar-refractivity contribution in [1.29, 1.82) is 0 Å². The summed E-state index contributed by atoms with van der Waals surface area (Å²) in [5.74, 6) is 0.0744. The van der Waals surface area contributed by atoms with Crippen LogP contribution in [0.4, 0.5) is 5.69 Å². The zero-order valence-corrected chi connectivity index (χ0v) is 15.6. The highest BCUT2D eigenvalue weighted by Gasteiger charge is 2.11. The second-order valence-corrected chi connectivity index (χ2v) is 4.96. The van der Waals surface area contributed by atoms with Gasteiger partial charge in [-0.25, -0.2) is 0 Å². The number of rotatable bonds is 8. The largest absolute Gasteiger partial charge is 0.372 e. The predicted molar refractivity (Wildman–Crippen MR) is 100 cm³/mol. The molecule has 6 heteroatoms. The lowest BCUT2D eigenvalue weighted by Gasteiger charge is -2.23. The minimum absolute atomic E-state index is 0. The predicted octanol–water partition coefficient (Wildman–Crippen LogP) is 3.06. The maximum atomic E-state index is 12.2. The molecule has 0 bridgehead atoms. The van der Waals surface area contributed by atoms with Crippen molar-refractivity contribution in [3.63, 3.8) is 0 Å². The fraction of sp³-hybridized carbons (Fsp3) is 0.562. The third-order valence-corrected chi connectivity index (χ3v) is 3.40. The van der Waals surface area contributed by atoms with Gasteiger partial charge in [-0.2, -0.15) is 0 Å². The van der Waals surface area contributed by atoms with Crippen LogP contribution in [0.5, 0.6) is 0 Å². The van der Waals surface area contributed by atoms with E-state index in [0.29, 0.717) is 6.54 Å². The van der Waals surface area contributed by atoms with E-state index in [1.807, 2.05) is 38.4 Å². The summed E-state index contributed by atoms with van der Waals surface area (Å²) < 4.78 is 0. The first-order valence-electron chi connectivity index (χ1n) is 7.39. The molecule has 0 aliphatic carbocycles. The molecule has 0 aromatic heterocycles. The number of carbonyl (C=O) groups is 1. The van der Waals surface area contributed by atoms with Crippen LogP contribution in [-0.4, -0.2) is 51.1 Å². The fourth-order valence-electron chi connectivity index (χ4n) is 2.16. The van der Waals surface area contributed by atoms with Crippen LogP contribution in [0.15, 0.2) is 24.3 Å². The first-order valence-corrected chi connectivity index (χ1v) is 7.39. The van der Waals surface area contributed by atoms with Gasteiger partial charge >= 0.3 is 0 Å². The monoisotopic (exact) mass is 349 g/mol. The lowest BCUT2D eigenvalue weighted by Crippen LogP contribution is -2.32. The van der Waals surface area contributed by atoms with E-state index in [-0.39, 0.29) is 30.7 Å². The number of nitrogens with zero attached hydrogens (tertiary/aromatic N) is 2. The Morgan fingerprint density at radius 2 is 1.68 bits per heavy atom.